The molecule has 0 radical (unpaired) electrons. The van der Waals surface area contributed by atoms with Gasteiger partial charge in [-0.15, -0.1) is 11.3 Å². The number of rotatable bonds is 5. The summed E-state index contributed by atoms with van der Waals surface area (Å²) in [5.41, 5.74) is 4.53. The third kappa shape index (κ3) is 7.51. The Labute approximate surface area is 237 Å². The van der Waals surface area contributed by atoms with Crippen LogP contribution in [0.5, 0.6) is 0 Å². The minimum absolute atomic E-state index is 0.0638. The number of thiazole rings is 1. The van der Waals surface area contributed by atoms with Crippen LogP contribution in [0.4, 0.5) is 5.82 Å². The van der Waals surface area contributed by atoms with Crippen LogP contribution in [0.2, 0.25) is 5.02 Å². The Kier molecular flexibility index (Phi) is 8.86. The number of carboxylic acid groups (broad SMARTS) is 1. The molecule has 206 valence electrons. The van der Waals surface area contributed by atoms with Crippen molar-refractivity contribution >= 4 is 44.9 Å². The molecule has 0 unspecified atom stereocenters. The normalized spacial score (nSPS) is 14.3. The first kappa shape index (κ1) is 28.9. The third-order valence-electron chi connectivity index (χ3n) is 6.14. The van der Waals surface area contributed by atoms with Gasteiger partial charge in [0.25, 0.3) is 0 Å². The van der Waals surface area contributed by atoms with E-state index in [4.69, 9.17) is 26.7 Å². The summed E-state index contributed by atoms with van der Waals surface area (Å²) in [6.45, 7) is 11.0. The molecule has 1 saturated heterocycles. The highest BCUT2D eigenvalue weighted by Gasteiger charge is 2.21. The van der Waals surface area contributed by atoms with E-state index in [0.29, 0.717) is 5.02 Å². The predicted octanol–water partition coefficient (Wildman–Crippen LogP) is 5.54. The Hall–Kier alpha value is -3.11. The molecular weight excluding hydrogens is 534 g/mol. The van der Waals surface area contributed by atoms with E-state index in [1.165, 1.54) is 11.3 Å². The number of likely N-dealkylation sites (N-methyl/N-ethyl adjacent to an activating group) is 1. The molecule has 0 aliphatic carbocycles. The highest BCUT2D eigenvalue weighted by Crippen LogP contribution is 2.40. The molecule has 0 saturated carbocycles. The molecule has 39 heavy (non-hydrogen) atoms. The van der Waals surface area contributed by atoms with Crippen LogP contribution in [0.15, 0.2) is 42.7 Å². The molecule has 8 nitrogen and oxygen atoms in total. The first-order valence-corrected chi connectivity index (χ1v) is 14.0. The van der Waals surface area contributed by atoms with E-state index < -0.39 is 11.6 Å². The number of hydrogen-bond acceptors (Lipinski definition) is 8. The van der Waals surface area contributed by atoms with Crippen LogP contribution in [-0.2, 0) is 11.2 Å². The first-order chi connectivity index (χ1) is 18.4. The topological polar surface area (TPSA) is 103 Å². The summed E-state index contributed by atoms with van der Waals surface area (Å²) in [6.07, 6.45) is 3.48. The van der Waals surface area contributed by atoms with Gasteiger partial charge in [0.2, 0.25) is 0 Å². The fourth-order valence-electron chi connectivity index (χ4n) is 4.29. The number of nitrogens with zero attached hydrogens (tertiary/aromatic N) is 5. The maximum Gasteiger partial charge on any atom is 0.307 e. The number of aryl methyl sites for hydroxylation is 1. The number of piperazine rings is 1. The second kappa shape index (κ2) is 12.0. The van der Waals surface area contributed by atoms with Gasteiger partial charge in [-0.2, -0.15) is 0 Å². The summed E-state index contributed by atoms with van der Waals surface area (Å²) in [5, 5.41) is 19.5. The second-order valence-electron chi connectivity index (χ2n) is 10.7. The van der Waals surface area contributed by atoms with E-state index in [1.54, 1.807) is 33.2 Å². The lowest BCUT2D eigenvalue weighted by molar-refractivity contribution is -0.136. The average molecular weight is 568 g/mol. The van der Waals surface area contributed by atoms with E-state index in [0.717, 1.165) is 75.2 Å². The second-order valence-corrected chi connectivity index (χ2v) is 12.2. The summed E-state index contributed by atoms with van der Waals surface area (Å²) in [6, 6.07) is 9.46. The Morgan fingerprint density at radius 2 is 1.72 bits per heavy atom. The summed E-state index contributed by atoms with van der Waals surface area (Å²) in [7, 11) is 2.12. The number of carbonyl (C=O) groups is 1. The van der Waals surface area contributed by atoms with Gasteiger partial charge in [-0.25, -0.2) is 9.97 Å². The molecule has 1 fully saturated rings. The van der Waals surface area contributed by atoms with Crippen molar-refractivity contribution in [1.29, 1.82) is 0 Å². The Bertz CT molecular complexity index is 1450. The maximum absolute atomic E-state index is 11.7. The maximum atomic E-state index is 11.7. The van der Waals surface area contributed by atoms with Gasteiger partial charge in [0.05, 0.1) is 34.6 Å². The van der Waals surface area contributed by atoms with Gasteiger partial charge in [-0.1, -0.05) is 23.7 Å². The number of benzene rings is 2. The van der Waals surface area contributed by atoms with Crippen molar-refractivity contribution in [1.82, 2.24) is 19.9 Å². The van der Waals surface area contributed by atoms with Crippen molar-refractivity contribution in [2.75, 3.05) is 38.1 Å². The summed E-state index contributed by atoms with van der Waals surface area (Å²) in [5.74, 6) is -0.0151. The number of hydrogen-bond donors (Lipinski definition) is 2. The molecule has 4 aromatic rings. The Morgan fingerprint density at radius 3 is 2.33 bits per heavy atom. The van der Waals surface area contributed by atoms with Gasteiger partial charge < -0.3 is 20.0 Å². The zero-order valence-electron chi connectivity index (χ0n) is 22.9. The molecule has 1 aliphatic rings. The fourth-order valence-corrected chi connectivity index (χ4v) is 5.51. The number of carboxylic acids is 1. The first-order valence-electron chi connectivity index (χ1n) is 12.8. The minimum Gasteiger partial charge on any atom is -0.481 e. The Morgan fingerprint density at radius 1 is 1.08 bits per heavy atom. The molecule has 0 bridgehead atoms. The monoisotopic (exact) mass is 567 g/mol. The molecule has 2 N–H and O–H groups in total. The van der Waals surface area contributed by atoms with Crippen molar-refractivity contribution in [2.45, 2.75) is 39.7 Å². The lowest BCUT2D eigenvalue weighted by atomic mass is 9.93. The third-order valence-corrected chi connectivity index (χ3v) is 7.50. The number of aliphatic hydroxyl groups is 1. The molecule has 0 spiro atoms. The van der Waals surface area contributed by atoms with E-state index in [2.05, 4.69) is 21.8 Å². The molecule has 5 rings (SSSR count). The van der Waals surface area contributed by atoms with Crippen LogP contribution in [0.3, 0.4) is 0 Å². The number of aromatic nitrogens is 3. The van der Waals surface area contributed by atoms with E-state index >= 15 is 0 Å². The molecule has 0 amide bonds. The predicted molar refractivity (Wildman–Crippen MR) is 159 cm³/mol. The SMILES string of the molecule is CC(C)(C)O.Cc1cc2nc(-c3cncc(N4CCN(C)CC4)n3)sc2c(-c2ccc(Cl)cc2)c1CC(=O)O. The fraction of sp³-hybridized carbons (Fsp3) is 0.379. The molecule has 0 atom stereocenters. The molecular formula is C29H34ClN5O3S. The van der Waals surface area contributed by atoms with E-state index in [1.807, 2.05) is 37.3 Å². The number of aliphatic carboxylic acids is 1. The van der Waals surface area contributed by atoms with Gasteiger partial charge in [-0.3, -0.25) is 9.78 Å². The largest absolute Gasteiger partial charge is 0.481 e. The smallest absolute Gasteiger partial charge is 0.307 e. The average Bonchev–Trinajstić information content (AvgIpc) is 3.28. The zero-order valence-corrected chi connectivity index (χ0v) is 24.5. The van der Waals surface area contributed by atoms with Crippen molar-refractivity contribution < 1.29 is 15.0 Å². The number of fused-ring (bicyclic) bond motifs is 1. The van der Waals surface area contributed by atoms with Crippen LogP contribution in [-0.4, -0.2) is 74.9 Å². The van der Waals surface area contributed by atoms with Crippen LogP contribution >= 0.6 is 22.9 Å². The quantitative estimate of drug-likeness (QED) is 0.324. The molecule has 10 heteroatoms. The molecule has 1 aliphatic heterocycles. The van der Waals surface area contributed by atoms with Gasteiger partial charge in [-0.05, 0) is 69.6 Å². The van der Waals surface area contributed by atoms with Gasteiger partial charge in [0.15, 0.2) is 0 Å². The highest BCUT2D eigenvalue weighted by molar-refractivity contribution is 7.22. The Balaban J connectivity index is 0.000000648. The zero-order chi connectivity index (χ0) is 28.3. The van der Waals surface area contributed by atoms with Crippen molar-refractivity contribution in [3.05, 3.63) is 58.9 Å². The summed E-state index contributed by atoms with van der Waals surface area (Å²) < 4.78 is 0.936. The van der Waals surface area contributed by atoms with Gasteiger partial charge in [0, 0.05) is 36.8 Å². The molecule has 2 aromatic carbocycles. The van der Waals surface area contributed by atoms with Crippen LogP contribution in [0.1, 0.15) is 31.9 Å². The number of anilines is 1. The van der Waals surface area contributed by atoms with Gasteiger partial charge in [0.1, 0.15) is 16.5 Å². The minimum atomic E-state index is -0.867. The van der Waals surface area contributed by atoms with Crippen molar-refractivity contribution in [2.24, 2.45) is 0 Å². The lowest BCUT2D eigenvalue weighted by Gasteiger charge is -2.33. The summed E-state index contributed by atoms with van der Waals surface area (Å²) >= 11 is 7.63. The van der Waals surface area contributed by atoms with Crippen LogP contribution in [0, 0.1) is 6.92 Å². The molecule has 2 aromatic heterocycles. The van der Waals surface area contributed by atoms with Crippen molar-refractivity contribution in [3.8, 4) is 21.8 Å². The van der Waals surface area contributed by atoms with E-state index in [-0.39, 0.29) is 6.42 Å². The van der Waals surface area contributed by atoms with Gasteiger partial charge >= 0.3 is 5.97 Å². The summed E-state index contributed by atoms with van der Waals surface area (Å²) in [4.78, 5) is 30.4. The van der Waals surface area contributed by atoms with Crippen LogP contribution in [0.25, 0.3) is 32.0 Å². The van der Waals surface area contributed by atoms with Crippen LogP contribution < -0.4 is 4.90 Å². The number of halogens is 1. The van der Waals surface area contributed by atoms with Crippen molar-refractivity contribution in [3.63, 3.8) is 0 Å². The highest BCUT2D eigenvalue weighted by atomic mass is 35.5. The standard InChI is InChI=1S/C25H24ClN5O2S.C4H10O/c1-15-11-19-24(23(18(15)12-22(32)33)16-3-5-17(26)6-4-16)34-25(29-19)20-13-27-14-21(28-20)31-9-7-30(2)8-10-31;1-4(2,3)5/h3-6,11,13-14H,7-10,12H2,1-2H3,(H,32,33);5H,1-3H3. The van der Waals surface area contributed by atoms with E-state index in [9.17, 15) is 9.90 Å². The molecule has 3 heterocycles. The lowest BCUT2D eigenvalue weighted by Crippen LogP contribution is -2.44.